The molecule has 0 spiro atoms. The van der Waals surface area contributed by atoms with Crippen LogP contribution >= 0.6 is 0 Å². The molecule has 4 heteroatoms. The van der Waals surface area contributed by atoms with Crippen molar-refractivity contribution in [1.82, 2.24) is 4.90 Å². The summed E-state index contributed by atoms with van der Waals surface area (Å²) >= 11 is 0. The number of hydrogen-bond donors (Lipinski definition) is 1. The van der Waals surface area contributed by atoms with E-state index in [1.165, 1.54) is 5.56 Å². The molecule has 21 heavy (non-hydrogen) atoms. The fourth-order valence-electron chi connectivity index (χ4n) is 2.67. The standard InChI is InChI=1S/C17H18N2O2/c1-20-14-8-7-13(16(9-14)21-2)11-19-10-12-5-3-4-6-15(12)17(19)18/h3-9,18H,10-11H2,1-2H3. The van der Waals surface area contributed by atoms with Crippen molar-refractivity contribution in [3.05, 3.63) is 59.2 Å². The summed E-state index contributed by atoms with van der Waals surface area (Å²) in [6.45, 7) is 1.42. The second-order valence-electron chi connectivity index (χ2n) is 5.04. The third kappa shape index (κ3) is 2.44. The van der Waals surface area contributed by atoms with Gasteiger partial charge in [0.2, 0.25) is 0 Å². The van der Waals surface area contributed by atoms with Crippen molar-refractivity contribution < 1.29 is 9.47 Å². The molecule has 1 N–H and O–H groups in total. The molecule has 0 radical (unpaired) electrons. The van der Waals surface area contributed by atoms with Crippen molar-refractivity contribution >= 4 is 5.84 Å². The Hall–Kier alpha value is -2.49. The normalized spacial score (nSPS) is 13.2. The van der Waals surface area contributed by atoms with E-state index >= 15 is 0 Å². The molecule has 1 aliphatic heterocycles. The highest BCUT2D eigenvalue weighted by Gasteiger charge is 2.24. The van der Waals surface area contributed by atoms with E-state index in [-0.39, 0.29) is 0 Å². The maximum absolute atomic E-state index is 8.30. The second kappa shape index (κ2) is 5.48. The van der Waals surface area contributed by atoms with E-state index in [0.717, 1.165) is 29.2 Å². The Balaban J connectivity index is 1.84. The smallest absolute Gasteiger partial charge is 0.129 e. The molecule has 0 aromatic heterocycles. The Morgan fingerprint density at radius 3 is 2.62 bits per heavy atom. The highest BCUT2D eigenvalue weighted by molar-refractivity contribution is 6.00. The van der Waals surface area contributed by atoms with Gasteiger partial charge < -0.3 is 14.4 Å². The van der Waals surface area contributed by atoms with Gasteiger partial charge in [-0.25, -0.2) is 0 Å². The molecule has 0 amide bonds. The third-order valence-electron chi connectivity index (χ3n) is 3.81. The summed E-state index contributed by atoms with van der Waals surface area (Å²) in [5.41, 5.74) is 3.27. The van der Waals surface area contributed by atoms with Crippen LogP contribution in [0.2, 0.25) is 0 Å². The Morgan fingerprint density at radius 2 is 1.90 bits per heavy atom. The van der Waals surface area contributed by atoms with Crippen LogP contribution in [0.25, 0.3) is 0 Å². The summed E-state index contributed by atoms with van der Waals surface area (Å²) in [5, 5.41) is 8.30. The topological polar surface area (TPSA) is 45.5 Å². The number of rotatable bonds is 4. The molecule has 2 aromatic carbocycles. The molecule has 0 saturated heterocycles. The van der Waals surface area contributed by atoms with Gasteiger partial charge in [-0.3, -0.25) is 5.41 Å². The number of benzene rings is 2. The molecular formula is C17H18N2O2. The predicted octanol–water partition coefficient (Wildman–Crippen LogP) is 3.04. The third-order valence-corrected chi connectivity index (χ3v) is 3.81. The summed E-state index contributed by atoms with van der Waals surface area (Å²) in [5.74, 6) is 2.14. The fraction of sp³-hybridized carbons (Fsp3) is 0.235. The first-order chi connectivity index (χ1) is 10.2. The van der Waals surface area contributed by atoms with Gasteiger partial charge in [0.15, 0.2) is 0 Å². The summed E-state index contributed by atoms with van der Waals surface area (Å²) in [4.78, 5) is 2.05. The first-order valence-corrected chi connectivity index (χ1v) is 6.85. The molecule has 0 saturated carbocycles. The number of methoxy groups -OCH3 is 2. The molecular weight excluding hydrogens is 264 g/mol. The van der Waals surface area contributed by atoms with Gasteiger partial charge in [-0.05, 0) is 17.7 Å². The lowest BCUT2D eigenvalue weighted by Gasteiger charge is -2.20. The Bertz CT molecular complexity index is 682. The van der Waals surface area contributed by atoms with Crippen molar-refractivity contribution in [3.63, 3.8) is 0 Å². The van der Waals surface area contributed by atoms with Gasteiger partial charge in [0.1, 0.15) is 17.3 Å². The second-order valence-corrected chi connectivity index (χ2v) is 5.04. The van der Waals surface area contributed by atoms with Crippen LogP contribution in [0.1, 0.15) is 16.7 Å². The van der Waals surface area contributed by atoms with E-state index < -0.39 is 0 Å². The molecule has 0 atom stereocenters. The molecule has 1 heterocycles. The highest BCUT2D eigenvalue weighted by Crippen LogP contribution is 2.29. The van der Waals surface area contributed by atoms with Crippen LogP contribution in [0.15, 0.2) is 42.5 Å². The highest BCUT2D eigenvalue weighted by atomic mass is 16.5. The summed E-state index contributed by atoms with van der Waals surface area (Å²) in [6, 6.07) is 13.9. The number of nitrogens with one attached hydrogen (secondary N) is 1. The van der Waals surface area contributed by atoms with Crippen molar-refractivity contribution in [2.45, 2.75) is 13.1 Å². The number of hydrogen-bond acceptors (Lipinski definition) is 3. The van der Waals surface area contributed by atoms with Crippen LogP contribution < -0.4 is 9.47 Å². The van der Waals surface area contributed by atoms with E-state index in [1.807, 2.05) is 36.4 Å². The molecule has 2 aromatic rings. The quantitative estimate of drug-likeness (QED) is 0.937. The van der Waals surface area contributed by atoms with Crippen molar-refractivity contribution in [2.75, 3.05) is 14.2 Å². The van der Waals surface area contributed by atoms with Gasteiger partial charge in [0, 0.05) is 30.3 Å². The average molecular weight is 282 g/mol. The number of amidine groups is 1. The number of ether oxygens (including phenoxy) is 2. The van der Waals surface area contributed by atoms with E-state index in [0.29, 0.717) is 12.4 Å². The van der Waals surface area contributed by atoms with Gasteiger partial charge in [0.25, 0.3) is 0 Å². The van der Waals surface area contributed by atoms with Gasteiger partial charge in [-0.2, -0.15) is 0 Å². The van der Waals surface area contributed by atoms with Gasteiger partial charge >= 0.3 is 0 Å². The Kier molecular flexibility index (Phi) is 3.52. The molecule has 3 rings (SSSR count). The van der Waals surface area contributed by atoms with E-state index in [2.05, 4.69) is 11.0 Å². The molecule has 1 aliphatic rings. The minimum Gasteiger partial charge on any atom is -0.497 e. The van der Waals surface area contributed by atoms with E-state index in [9.17, 15) is 0 Å². The summed E-state index contributed by atoms with van der Waals surface area (Å²) in [6.07, 6.45) is 0. The molecule has 0 bridgehead atoms. The lowest BCUT2D eigenvalue weighted by molar-refractivity contribution is 0.373. The first kappa shape index (κ1) is 13.5. The van der Waals surface area contributed by atoms with E-state index in [4.69, 9.17) is 14.9 Å². The number of nitrogens with zero attached hydrogens (tertiary/aromatic N) is 1. The fourth-order valence-corrected chi connectivity index (χ4v) is 2.67. The molecule has 108 valence electrons. The van der Waals surface area contributed by atoms with Crippen molar-refractivity contribution in [3.8, 4) is 11.5 Å². The summed E-state index contributed by atoms with van der Waals surface area (Å²) in [7, 11) is 3.30. The van der Waals surface area contributed by atoms with Crippen LogP contribution in [-0.4, -0.2) is 25.0 Å². The number of fused-ring (bicyclic) bond motifs is 1. The Labute approximate surface area is 124 Å². The maximum atomic E-state index is 8.30. The van der Waals surface area contributed by atoms with Gasteiger partial charge in [-0.15, -0.1) is 0 Å². The monoisotopic (exact) mass is 282 g/mol. The average Bonchev–Trinajstić information content (AvgIpc) is 2.84. The maximum Gasteiger partial charge on any atom is 0.129 e. The minimum atomic E-state index is 0.573. The van der Waals surface area contributed by atoms with Gasteiger partial charge in [0.05, 0.1) is 14.2 Å². The zero-order valence-corrected chi connectivity index (χ0v) is 12.2. The van der Waals surface area contributed by atoms with Gasteiger partial charge in [-0.1, -0.05) is 24.3 Å². The van der Waals surface area contributed by atoms with Crippen LogP contribution in [0.5, 0.6) is 11.5 Å². The lowest BCUT2D eigenvalue weighted by Crippen LogP contribution is -2.23. The lowest BCUT2D eigenvalue weighted by atomic mass is 10.1. The van der Waals surface area contributed by atoms with E-state index in [1.54, 1.807) is 14.2 Å². The Morgan fingerprint density at radius 1 is 1.10 bits per heavy atom. The molecule has 4 nitrogen and oxygen atoms in total. The van der Waals surface area contributed by atoms with Crippen LogP contribution in [0.4, 0.5) is 0 Å². The first-order valence-electron chi connectivity index (χ1n) is 6.85. The molecule has 0 fully saturated rings. The summed E-state index contributed by atoms with van der Waals surface area (Å²) < 4.78 is 10.7. The van der Waals surface area contributed by atoms with Crippen molar-refractivity contribution in [1.29, 1.82) is 5.41 Å². The van der Waals surface area contributed by atoms with Crippen molar-refractivity contribution in [2.24, 2.45) is 0 Å². The van der Waals surface area contributed by atoms with Crippen LogP contribution in [-0.2, 0) is 13.1 Å². The molecule has 0 aliphatic carbocycles. The minimum absolute atomic E-state index is 0.573. The molecule has 0 unspecified atom stereocenters. The van der Waals surface area contributed by atoms with Crippen LogP contribution in [0, 0.1) is 5.41 Å². The largest absolute Gasteiger partial charge is 0.497 e. The SMILES string of the molecule is COc1ccc(CN2Cc3ccccc3C2=N)c(OC)c1. The zero-order chi connectivity index (χ0) is 14.8. The predicted molar refractivity (Wildman–Crippen MR) is 82.1 cm³/mol. The van der Waals surface area contributed by atoms with Crippen LogP contribution in [0.3, 0.4) is 0 Å². The zero-order valence-electron chi connectivity index (χ0n) is 12.2.